The van der Waals surface area contributed by atoms with Crippen LogP contribution in [-0.2, 0) is 4.79 Å². The number of amides is 1. The third-order valence-electron chi connectivity index (χ3n) is 5.73. The minimum Gasteiger partial charge on any atom is -0.497 e. The number of rotatable bonds is 4. The van der Waals surface area contributed by atoms with Gasteiger partial charge in [0.2, 0.25) is 5.91 Å². The summed E-state index contributed by atoms with van der Waals surface area (Å²) in [5, 5.41) is 2.26. The van der Waals surface area contributed by atoms with Crippen LogP contribution in [0.15, 0.2) is 60.7 Å². The molecule has 3 aromatic rings. The average Bonchev–Trinajstić information content (AvgIpc) is 2.75. The van der Waals surface area contributed by atoms with Crippen molar-refractivity contribution in [1.29, 1.82) is 0 Å². The quantitative estimate of drug-likeness (QED) is 0.529. The van der Waals surface area contributed by atoms with E-state index in [0.29, 0.717) is 0 Å². The normalized spacial score (nSPS) is 14.8. The molecular weight excluding hydrogens is 346 g/mol. The van der Waals surface area contributed by atoms with Crippen LogP contribution in [0.5, 0.6) is 5.75 Å². The Balaban J connectivity index is 1.86. The molecule has 0 N–H and O–H groups in total. The highest BCUT2D eigenvalue weighted by atomic mass is 16.5. The summed E-state index contributed by atoms with van der Waals surface area (Å²) in [5.74, 6) is 1.10. The Morgan fingerprint density at radius 3 is 2.39 bits per heavy atom. The molecule has 0 aliphatic heterocycles. The van der Waals surface area contributed by atoms with Crippen LogP contribution >= 0.6 is 0 Å². The second kappa shape index (κ2) is 8.05. The maximum atomic E-state index is 13.7. The van der Waals surface area contributed by atoms with Gasteiger partial charge in [-0.2, -0.15) is 0 Å². The fourth-order valence-corrected chi connectivity index (χ4v) is 4.27. The van der Waals surface area contributed by atoms with Crippen molar-refractivity contribution in [3.8, 4) is 5.75 Å². The average molecular weight is 373 g/mol. The highest BCUT2D eigenvalue weighted by Crippen LogP contribution is 2.37. The lowest BCUT2D eigenvalue weighted by Gasteiger charge is -2.30. The van der Waals surface area contributed by atoms with E-state index >= 15 is 0 Å². The van der Waals surface area contributed by atoms with Crippen LogP contribution in [0.3, 0.4) is 0 Å². The molecule has 0 saturated heterocycles. The molecule has 1 aliphatic carbocycles. The Kier molecular flexibility index (Phi) is 5.34. The molecular formula is C25H27NO2. The first-order valence-electron chi connectivity index (χ1n) is 10.1. The molecule has 0 heterocycles. The fraction of sp³-hybridized carbons (Fsp3) is 0.320. The van der Waals surface area contributed by atoms with Gasteiger partial charge in [-0.05, 0) is 61.0 Å². The molecule has 1 saturated carbocycles. The number of hydrogen-bond acceptors (Lipinski definition) is 2. The Bertz CT molecular complexity index is 972. The monoisotopic (exact) mass is 373 g/mol. The maximum absolute atomic E-state index is 13.7. The molecule has 144 valence electrons. The minimum absolute atomic E-state index is 0.0927. The lowest BCUT2D eigenvalue weighted by atomic mass is 9.87. The summed E-state index contributed by atoms with van der Waals surface area (Å²) in [4.78, 5) is 15.6. The number of carbonyl (C=O) groups is 1. The summed E-state index contributed by atoms with van der Waals surface area (Å²) >= 11 is 0. The maximum Gasteiger partial charge on any atom is 0.234 e. The Morgan fingerprint density at radius 2 is 1.68 bits per heavy atom. The molecule has 1 fully saturated rings. The lowest BCUT2D eigenvalue weighted by Crippen LogP contribution is -2.33. The molecule has 0 radical (unpaired) electrons. The van der Waals surface area contributed by atoms with Crippen molar-refractivity contribution < 1.29 is 9.53 Å². The number of ether oxygens (including phenoxy) is 1. The van der Waals surface area contributed by atoms with Crippen molar-refractivity contribution in [2.45, 2.75) is 39.0 Å². The smallest absolute Gasteiger partial charge is 0.234 e. The summed E-state index contributed by atoms with van der Waals surface area (Å²) in [5.41, 5.74) is 3.02. The van der Waals surface area contributed by atoms with E-state index in [0.717, 1.165) is 59.1 Å². The predicted octanol–water partition coefficient (Wildman–Crippen LogP) is 6.40. The van der Waals surface area contributed by atoms with Gasteiger partial charge in [0.05, 0.1) is 12.8 Å². The van der Waals surface area contributed by atoms with Crippen molar-refractivity contribution in [1.82, 2.24) is 0 Å². The fourth-order valence-electron chi connectivity index (χ4n) is 4.27. The summed E-state index contributed by atoms with van der Waals surface area (Å²) < 4.78 is 5.32. The van der Waals surface area contributed by atoms with Gasteiger partial charge in [0.25, 0.3) is 0 Å². The number of fused-ring (bicyclic) bond motifs is 1. The number of nitrogens with zero attached hydrogens (tertiary/aromatic N) is 1. The van der Waals surface area contributed by atoms with Crippen LogP contribution < -0.4 is 9.64 Å². The van der Waals surface area contributed by atoms with E-state index in [4.69, 9.17) is 4.74 Å². The SMILES string of the molecule is COc1ccc(N(C(=O)C2CCCCC2)c2cc(C)cc3ccccc23)cc1. The topological polar surface area (TPSA) is 29.5 Å². The van der Waals surface area contributed by atoms with E-state index in [1.54, 1.807) is 7.11 Å². The van der Waals surface area contributed by atoms with Gasteiger partial charge in [-0.25, -0.2) is 0 Å². The molecule has 0 bridgehead atoms. The van der Waals surface area contributed by atoms with Crippen molar-refractivity contribution in [2.75, 3.05) is 12.0 Å². The second-order valence-corrected chi connectivity index (χ2v) is 7.71. The number of hydrogen-bond donors (Lipinski definition) is 0. The van der Waals surface area contributed by atoms with Crippen molar-refractivity contribution >= 4 is 28.1 Å². The lowest BCUT2D eigenvalue weighted by molar-refractivity contribution is -0.122. The molecule has 0 atom stereocenters. The summed E-state index contributed by atoms with van der Waals surface area (Å²) in [7, 11) is 1.66. The number of anilines is 2. The molecule has 0 unspecified atom stereocenters. The van der Waals surface area contributed by atoms with Crippen molar-refractivity contribution in [3.05, 3.63) is 66.2 Å². The second-order valence-electron chi connectivity index (χ2n) is 7.71. The molecule has 0 aromatic heterocycles. The zero-order chi connectivity index (χ0) is 19.5. The first-order valence-corrected chi connectivity index (χ1v) is 10.1. The van der Waals surface area contributed by atoms with Crippen LogP contribution in [0.4, 0.5) is 11.4 Å². The van der Waals surface area contributed by atoms with Crippen molar-refractivity contribution in [2.24, 2.45) is 5.92 Å². The summed E-state index contributed by atoms with van der Waals surface area (Å²) in [6.07, 6.45) is 5.48. The number of methoxy groups -OCH3 is 1. The Morgan fingerprint density at radius 1 is 0.964 bits per heavy atom. The zero-order valence-corrected chi connectivity index (χ0v) is 16.7. The highest BCUT2D eigenvalue weighted by molar-refractivity contribution is 6.09. The first-order chi connectivity index (χ1) is 13.7. The van der Waals surface area contributed by atoms with E-state index < -0.39 is 0 Å². The van der Waals surface area contributed by atoms with Crippen LogP contribution in [0.2, 0.25) is 0 Å². The molecule has 4 rings (SSSR count). The highest BCUT2D eigenvalue weighted by Gasteiger charge is 2.29. The van der Waals surface area contributed by atoms with Crippen LogP contribution in [-0.4, -0.2) is 13.0 Å². The molecule has 0 spiro atoms. The Hall–Kier alpha value is -2.81. The van der Waals surface area contributed by atoms with Gasteiger partial charge in [0, 0.05) is 17.0 Å². The third kappa shape index (κ3) is 3.62. The largest absolute Gasteiger partial charge is 0.497 e. The standard InChI is InChI=1S/C25H27NO2/c1-18-16-20-10-6-7-11-23(20)24(17-18)26(21-12-14-22(28-2)15-13-21)25(27)19-8-4-3-5-9-19/h6-7,10-17,19H,3-5,8-9H2,1-2H3. The molecule has 3 heteroatoms. The molecule has 3 aromatic carbocycles. The van der Waals surface area contributed by atoms with Gasteiger partial charge in [0.1, 0.15) is 5.75 Å². The number of benzene rings is 3. The van der Waals surface area contributed by atoms with Gasteiger partial charge < -0.3 is 4.74 Å². The third-order valence-corrected chi connectivity index (χ3v) is 5.73. The first kappa shape index (κ1) is 18.5. The van der Waals surface area contributed by atoms with Gasteiger partial charge in [0.15, 0.2) is 0 Å². The zero-order valence-electron chi connectivity index (χ0n) is 16.7. The van der Waals surface area contributed by atoms with Gasteiger partial charge in [-0.1, -0.05) is 49.6 Å². The van der Waals surface area contributed by atoms with E-state index in [2.05, 4.69) is 31.2 Å². The summed E-state index contributed by atoms with van der Waals surface area (Å²) in [6.45, 7) is 2.09. The van der Waals surface area contributed by atoms with E-state index in [-0.39, 0.29) is 11.8 Å². The Labute approximate surface area is 166 Å². The van der Waals surface area contributed by atoms with Crippen LogP contribution in [0.1, 0.15) is 37.7 Å². The van der Waals surface area contributed by atoms with Gasteiger partial charge in [-0.3, -0.25) is 9.69 Å². The van der Waals surface area contributed by atoms with Crippen molar-refractivity contribution in [3.63, 3.8) is 0 Å². The molecule has 28 heavy (non-hydrogen) atoms. The van der Waals surface area contributed by atoms with Gasteiger partial charge in [-0.15, -0.1) is 0 Å². The molecule has 1 amide bonds. The minimum atomic E-state index is 0.0927. The summed E-state index contributed by atoms with van der Waals surface area (Å²) in [6, 6.07) is 20.4. The molecule has 3 nitrogen and oxygen atoms in total. The number of aryl methyl sites for hydroxylation is 1. The predicted molar refractivity (Wildman–Crippen MR) is 115 cm³/mol. The number of carbonyl (C=O) groups excluding carboxylic acids is 1. The van der Waals surface area contributed by atoms with Gasteiger partial charge >= 0.3 is 0 Å². The van der Waals surface area contributed by atoms with Crippen LogP contribution in [0.25, 0.3) is 10.8 Å². The van der Waals surface area contributed by atoms with Crippen LogP contribution in [0, 0.1) is 12.8 Å². The molecule has 1 aliphatic rings. The van der Waals surface area contributed by atoms with E-state index in [1.807, 2.05) is 41.3 Å². The van der Waals surface area contributed by atoms with E-state index in [9.17, 15) is 4.79 Å². The van der Waals surface area contributed by atoms with E-state index in [1.165, 1.54) is 6.42 Å².